The molecule has 0 heterocycles. The summed E-state index contributed by atoms with van der Waals surface area (Å²) in [5.74, 6) is -0.753. The Morgan fingerprint density at radius 3 is 2.15 bits per heavy atom. The van der Waals surface area contributed by atoms with Crippen LogP contribution >= 0.6 is 0 Å². The molecule has 11 heteroatoms. The Hall–Kier alpha value is -3.99. The number of non-ortho nitro benzene ring substituents is 1. The highest BCUT2D eigenvalue weighted by molar-refractivity contribution is 5.97. The van der Waals surface area contributed by atoms with E-state index in [0.29, 0.717) is 11.3 Å². The number of carbonyl (C=O) groups excluding carboxylic acids is 3. The smallest absolute Gasteiger partial charge is 0.429 e. The Labute approximate surface area is 190 Å². The van der Waals surface area contributed by atoms with Gasteiger partial charge in [-0.3, -0.25) is 19.7 Å². The van der Waals surface area contributed by atoms with Crippen molar-refractivity contribution in [3.8, 4) is 5.75 Å². The summed E-state index contributed by atoms with van der Waals surface area (Å²) in [5.41, 5.74) is 6.78. The van der Waals surface area contributed by atoms with E-state index in [2.05, 4.69) is 10.6 Å². The van der Waals surface area contributed by atoms with Gasteiger partial charge in [0.15, 0.2) is 0 Å². The molecule has 0 saturated carbocycles. The summed E-state index contributed by atoms with van der Waals surface area (Å²) in [6.45, 7) is 5.10. The highest BCUT2D eigenvalue weighted by Crippen LogP contribution is 2.18. The molecule has 0 spiro atoms. The molecule has 0 aromatic heterocycles. The van der Waals surface area contributed by atoms with Gasteiger partial charge in [0.1, 0.15) is 18.4 Å². The Morgan fingerprint density at radius 2 is 1.61 bits per heavy atom. The van der Waals surface area contributed by atoms with Crippen LogP contribution in [-0.2, 0) is 20.9 Å². The Kier molecular flexibility index (Phi) is 8.87. The first-order valence-corrected chi connectivity index (χ1v) is 10.1. The van der Waals surface area contributed by atoms with Gasteiger partial charge in [0.05, 0.1) is 11.0 Å². The largest absolute Gasteiger partial charge is 0.514 e. The lowest BCUT2D eigenvalue weighted by atomic mass is 10.0. The minimum atomic E-state index is -0.967. The van der Waals surface area contributed by atoms with Gasteiger partial charge in [0.2, 0.25) is 11.8 Å². The molecular weight excluding hydrogens is 432 g/mol. The van der Waals surface area contributed by atoms with Gasteiger partial charge in [0, 0.05) is 17.8 Å². The number of benzene rings is 2. The number of rotatable bonds is 9. The molecule has 11 nitrogen and oxygen atoms in total. The van der Waals surface area contributed by atoms with E-state index >= 15 is 0 Å². The van der Waals surface area contributed by atoms with Crippen LogP contribution in [-0.4, -0.2) is 35.0 Å². The van der Waals surface area contributed by atoms with Gasteiger partial charge in [-0.2, -0.15) is 0 Å². The van der Waals surface area contributed by atoms with Gasteiger partial charge in [-0.05, 0) is 42.7 Å². The van der Waals surface area contributed by atoms with Crippen LogP contribution in [0, 0.1) is 16.0 Å². The predicted octanol–water partition coefficient (Wildman–Crippen LogP) is 2.74. The van der Waals surface area contributed by atoms with Gasteiger partial charge >= 0.3 is 6.16 Å². The maximum absolute atomic E-state index is 12.3. The standard InChI is InChI=1S/C22H26N4O7/c1-13(2)19(23)21(28)24-14(3)20(27)25-16-6-4-15(5-7-16)12-32-22(29)33-18-10-8-17(9-11-18)26(30)31/h4-11,13-14,19H,12,23H2,1-3H3,(H,24,28)(H,25,27)/t14-,19-/m0/s1. The van der Waals surface area contributed by atoms with Crippen molar-refractivity contribution in [2.24, 2.45) is 11.7 Å². The normalized spacial score (nSPS) is 12.4. The fourth-order valence-electron chi connectivity index (χ4n) is 2.52. The molecule has 0 radical (unpaired) electrons. The summed E-state index contributed by atoms with van der Waals surface area (Å²) in [6, 6.07) is 10.0. The maximum Gasteiger partial charge on any atom is 0.514 e. The second-order valence-corrected chi connectivity index (χ2v) is 7.58. The van der Waals surface area contributed by atoms with Crippen molar-refractivity contribution in [1.29, 1.82) is 0 Å². The average molecular weight is 458 g/mol. The van der Waals surface area contributed by atoms with Crippen molar-refractivity contribution >= 4 is 29.3 Å². The van der Waals surface area contributed by atoms with Crippen LogP contribution in [0.25, 0.3) is 0 Å². The number of amides is 2. The van der Waals surface area contributed by atoms with Crippen LogP contribution in [0.4, 0.5) is 16.2 Å². The highest BCUT2D eigenvalue weighted by atomic mass is 16.7. The second-order valence-electron chi connectivity index (χ2n) is 7.58. The van der Waals surface area contributed by atoms with E-state index in [-0.39, 0.29) is 24.0 Å². The topological polar surface area (TPSA) is 163 Å². The molecule has 0 unspecified atom stereocenters. The molecule has 2 aromatic rings. The second kappa shape index (κ2) is 11.6. The lowest BCUT2D eigenvalue weighted by Crippen LogP contribution is -2.50. The molecule has 0 fully saturated rings. The molecule has 176 valence electrons. The van der Waals surface area contributed by atoms with Gasteiger partial charge in [-0.15, -0.1) is 0 Å². The summed E-state index contributed by atoms with van der Waals surface area (Å²) in [5, 5.41) is 15.9. The predicted molar refractivity (Wildman–Crippen MR) is 119 cm³/mol. The molecule has 0 bridgehead atoms. The summed E-state index contributed by atoms with van der Waals surface area (Å²) in [7, 11) is 0. The molecule has 2 amide bonds. The van der Waals surface area contributed by atoms with Crippen molar-refractivity contribution in [3.63, 3.8) is 0 Å². The maximum atomic E-state index is 12.3. The molecule has 2 atom stereocenters. The lowest BCUT2D eigenvalue weighted by Gasteiger charge is -2.19. The third kappa shape index (κ3) is 7.89. The van der Waals surface area contributed by atoms with Crippen molar-refractivity contribution in [3.05, 3.63) is 64.2 Å². The van der Waals surface area contributed by atoms with Crippen molar-refractivity contribution in [2.75, 3.05) is 5.32 Å². The third-order valence-corrected chi connectivity index (χ3v) is 4.60. The Balaban J connectivity index is 1.81. The Bertz CT molecular complexity index is 991. The number of nitrogens with zero attached hydrogens (tertiary/aromatic N) is 1. The highest BCUT2D eigenvalue weighted by Gasteiger charge is 2.22. The first-order chi connectivity index (χ1) is 15.6. The number of ether oxygens (including phenoxy) is 2. The summed E-state index contributed by atoms with van der Waals surface area (Å²) in [4.78, 5) is 46.1. The number of nitrogens with one attached hydrogen (secondary N) is 2. The molecule has 0 saturated heterocycles. The van der Waals surface area contributed by atoms with E-state index in [9.17, 15) is 24.5 Å². The molecule has 33 heavy (non-hydrogen) atoms. The van der Waals surface area contributed by atoms with Crippen molar-refractivity contribution in [1.82, 2.24) is 5.32 Å². The number of hydrogen-bond acceptors (Lipinski definition) is 8. The Morgan fingerprint density at radius 1 is 1.00 bits per heavy atom. The van der Waals surface area contributed by atoms with Crippen molar-refractivity contribution < 1.29 is 28.8 Å². The number of nitro benzene ring substituents is 1. The SMILES string of the molecule is CC(C)[C@H](N)C(=O)N[C@@H](C)C(=O)Nc1ccc(COC(=O)Oc2ccc([N+](=O)[O-])cc2)cc1. The molecule has 4 N–H and O–H groups in total. The molecule has 0 aliphatic heterocycles. The number of nitrogens with two attached hydrogens (primary N) is 1. The lowest BCUT2D eigenvalue weighted by molar-refractivity contribution is -0.384. The van der Waals surface area contributed by atoms with Crippen LogP contribution in [0.1, 0.15) is 26.3 Å². The first kappa shape index (κ1) is 25.3. The van der Waals surface area contributed by atoms with Crippen LogP contribution < -0.4 is 21.1 Å². The summed E-state index contributed by atoms with van der Waals surface area (Å²) >= 11 is 0. The van der Waals surface area contributed by atoms with E-state index in [1.54, 1.807) is 31.2 Å². The van der Waals surface area contributed by atoms with E-state index in [4.69, 9.17) is 15.2 Å². The zero-order valence-corrected chi connectivity index (χ0v) is 18.4. The molecule has 0 aliphatic rings. The zero-order chi connectivity index (χ0) is 24.5. The summed E-state index contributed by atoms with van der Waals surface area (Å²) in [6.07, 6.45) is -0.967. The average Bonchev–Trinajstić information content (AvgIpc) is 2.78. The fourth-order valence-corrected chi connectivity index (χ4v) is 2.52. The molecule has 2 rings (SSSR count). The summed E-state index contributed by atoms with van der Waals surface area (Å²) < 4.78 is 9.97. The number of hydrogen-bond donors (Lipinski definition) is 3. The van der Waals surface area contributed by atoms with Crippen molar-refractivity contribution in [2.45, 2.75) is 39.5 Å². The number of carbonyl (C=O) groups is 3. The van der Waals surface area contributed by atoms with Crippen LogP contribution in [0.15, 0.2) is 48.5 Å². The fraction of sp³-hybridized carbons (Fsp3) is 0.318. The molecule has 0 aliphatic carbocycles. The van der Waals surface area contributed by atoms with Crippen LogP contribution in [0.5, 0.6) is 5.75 Å². The van der Waals surface area contributed by atoms with E-state index in [0.717, 1.165) is 0 Å². The minimum Gasteiger partial charge on any atom is -0.429 e. The van der Waals surface area contributed by atoms with Gasteiger partial charge in [-0.1, -0.05) is 26.0 Å². The van der Waals surface area contributed by atoms with Gasteiger partial charge in [-0.25, -0.2) is 4.79 Å². The minimum absolute atomic E-state index is 0.0542. The number of nitro groups is 1. The van der Waals surface area contributed by atoms with Crippen LogP contribution in [0.2, 0.25) is 0 Å². The van der Waals surface area contributed by atoms with E-state index < -0.39 is 35.0 Å². The zero-order valence-electron chi connectivity index (χ0n) is 18.4. The van der Waals surface area contributed by atoms with Gasteiger partial charge in [0.25, 0.3) is 5.69 Å². The quantitative estimate of drug-likeness (QED) is 0.223. The van der Waals surface area contributed by atoms with E-state index in [1.807, 2.05) is 13.8 Å². The molecule has 2 aromatic carbocycles. The first-order valence-electron chi connectivity index (χ1n) is 10.1. The third-order valence-electron chi connectivity index (χ3n) is 4.60. The molecular formula is C22H26N4O7. The van der Waals surface area contributed by atoms with Gasteiger partial charge < -0.3 is 25.8 Å². The monoisotopic (exact) mass is 458 g/mol. The van der Waals surface area contributed by atoms with Crippen LogP contribution in [0.3, 0.4) is 0 Å². The number of anilines is 1. The van der Waals surface area contributed by atoms with E-state index in [1.165, 1.54) is 24.3 Å².